The lowest BCUT2D eigenvalue weighted by Crippen LogP contribution is -2.25. The Bertz CT molecular complexity index is 137. The maximum Gasteiger partial charge on any atom is 0.0593 e. The second kappa shape index (κ2) is 11.4. The van der Waals surface area contributed by atoms with E-state index in [1.54, 1.807) is 0 Å². The summed E-state index contributed by atoms with van der Waals surface area (Å²) in [7, 11) is 2.18. The SMILES string of the molecule is CCCCCCOCCN(C)CCC(C)C. The minimum atomic E-state index is 0.803. The number of hydrogen-bond donors (Lipinski definition) is 0. The van der Waals surface area contributed by atoms with Gasteiger partial charge in [-0.1, -0.05) is 40.0 Å². The first-order valence-corrected chi connectivity index (χ1v) is 6.93. The van der Waals surface area contributed by atoms with Crippen molar-refractivity contribution in [2.75, 3.05) is 33.4 Å². The summed E-state index contributed by atoms with van der Waals surface area (Å²) in [6.07, 6.45) is 6.48. The molecule has 2 nitrogen and oxygen atoms in total. The summed E-state index contributed by atoms with van der Waals surface area (Å²) < 4.78 is 5.62. The van der Waals surface area contributed by atoms with Crippen LogP contribution in [0.25, 0.3) is 0 Å². The van der Waals surface area contributed by atoms with E-state index in [1.165, 1.54) is 38.6 Å². The molecule has 0 radical (unpaired) electrons. The fourth-order valence-electron chi connectivity index (χ4n) is 1.54. The number of unbranched alkanes of at least 4 members (excludes halogenated alkanes) is 3. The Morgan fingerprint density at radius 2 is 1.75 bits per heavy atom. The van der Waals surface area contributed by atoms with Gasteiger partial charge in [-0.3, -0.25) is 0 Å². The Balaban J connectivity index is 3.12. The highest BCUT2D eigenvalue weighted by Gasteiger charge is 2.00. The van der Waals surface area contributed by atoms with Crippen molar-refractivity contribution >= 4 is 0 Å². The first-order chi connectivity index (χ1) is 7.66. The molecule has 0 aliphatic heterocycles. The van der Waals surface area contributed by atoms with Gasteiger partial charge in [-0.15, -0.1) is 0 Å². The van der Waals surface area contributed by atoms with Gasteiger partial charge in [-0.25, -0.2) is 0 Å². The van der Waals surface area contributed by atoms with Crippen molar-refractivity contribution in [1.29, 1.82) is 0 Å². The lowest BCUT2D eigenvalue weighted by molar-refractivity contribution is 0.107. The summed E-state index contributed by atoms with van der Waals surface area (Å²) in [5.74, 6) is 0.803. The number of likely N-dealkylation sites (N-methyl/N-ethyl adjacent to an activating group) is 1. The van der Waals surface area contributed by atoms with E-state index in [2.05, 4.69) is 32.7 Å². The van der Waals surface area contributed by atoms with Crippen LogP contribution in [0.5, 0.6) is 0 Å². The Labute approximate surface area is 102 Å². The van der Waals surface area contributed by atoms with Gasteiger partial charge in [0.05, 0.1) is 6.61 Å². The van der Waals surface area contributed by atoms with E-state index in [1.807, 2.05) is 0 Å². The molecule has 0 aromatic rings. The monoisotopic (exact) mass is 229 g/mol. The second-order valence-corrected chi connectivity index (χ2v) is 5.16. The van der Waals surface area contributed by atoms with Gasteiger partial charge in [-0.2, -0.15) is 0 Å². The maximum atomic E-state index is 5.62. The summed E-state index contributed by atoms with van der Waals surface area (Å²) in [5, 5.41) is 0. The van der Waals surface area contributed by atoms with Crippen molar-refractivity contribution in [3.63, 3.8) is 0 Å². The molecule has 0 aliphatic carbocycles. The minimum Gasteiger partial charge on any atom is -0.380 e. The highest BCUT2D eigenvalue weighted by atomic mass is 16.5. The van der Waals surface area contributed by atoms with Gasteiger partial charge in [0.2, 0.25) is 0 Å². The molecule has 0 aliphatic rings. The Morgan fingerprint density at radius 1 is 1.00 bits per heavy atom. The first kappa shape index (κ1) is 15.9. The molecule has 2 heteroatoms. The third-order valence-electron chi connectivity index (χ3n) is 2.85. The molecule has 0 aromatic carbocycles. The van der Waals surface area contributed by atoms with E-state index in [0.29, 0.717) is 0 Å². The van der Waals surface area contributed by atoms with Crippen LogP contribution in [0, 0.1) is 5.92 Å². The molecule has 0 rings (SSSR count). The van der Waals surface area contributed by atoms with Crippen LogP contribution in [-0.4, -0.2) is 38.3 Å². The van der Waals surface area contributed by atoms with Gasteiger partial charge < -0.3 is 9.64 Å². The van der Waals surface area contributed by atoms with Crippen molar-refractivity contribution in [2.24, 2.45) is 5.92 Å². The summed E-state index contributed by atoms with van der Waals surface area (Å²) >= 11 is 0. The van der Waals surface area contributed by atoms with Crippen LogP contribution in [-0.2, 0) is 4.74 Å². The normalized spacial score (nSPS) is 11.6. The van der Waals surface area contributed by atoms with Gasteiger partial charge in [0.25, 0.3) is 0 Å². The van der Waals surface area contributed by atoms with Crippen LogP contribution in [0.4, 0.5) is 0 Å². The summed E-state index contributed by atoms with van der Waals surface area (Å²) in [5.41, 5.74) is 0. The van der Waals surface area contributed by atoms with Gasteiger partial charge in [0, 0.05) is 13.2 Å². The predicted molar refractivity (Wildman–Crippen MR) is 71.9 cm³/mol. The fraction of sp³-hybridized carbons (Fsp3) is 1.00. The molecule has 0 aromatic heterocycles. The van der Waals surface area contributed by atoms with E-state index in [0.717, 1.165) is 25.7 Å². The molecule has 0 amide bonds. The third-order valence-corrected chi connectivity index (χ3v) is 2.85. The van der Waals surface area contributed by atoms with E-state index >= 15 is 0 Å². The number of nitrogens with zero attached hydrogens (tertiary/aromatic N) is 1. The molecule has 0 bridgehead atoms. The quantitative estimate of drug-likeness (QED) is 0.502. The van der Waals surface area contributed by atoms with Gasteiger partial charge in [-0.05, 0) is 32.4 Å². The third kappa shape index (κ3) is 12.0. The zero-order valence-corrected chi connectivity index (χ0v) is 11.8. The Kier molecular flexibility index (Phi) is 11.3. The van der Waals surface area contributed by atoms with Crippen LogP contribution in [0.3, 0.4) is 0 Å². The topological polar surface area (TPSA) is 12.5 Å². The molecule has 0 atom stereocenters. The van der Waals surface area contributed by atoms with Crippen molar-refractivity contribution in [3.05, 3.63) is 0 Å². The van der Waals surface area contributed by atoms with Crippen LogP contribution in [0.2, 0.25) is 0 Å². The zero-order chi connectivity index (χ0) is 12.2. The lowest BCUT2D eigenvalue weighted by Gasteiger charge is -2.17. The standard InChI is InChI=1S/C14H31NO/c1-5-6-7-8-12-16-13-11-15(4)10-9-14(2)3/h14H,5-13H2,1-4H3. The van der Waals surface area contributed by atoms with Gasteiger partial charge in [0.15, 0.2) is 0 Å². The smallest absolute Gasteiger partial charge is 0.0593 e. The summed E-state index contributed by atoms with van der Waals surface area (Å²) in [6.45, 7) is 10.9. The van der Waals surface area contributed by atoms with Gasteiger partial charge in [0.1, 0.15) is 0 Å². The van der Waals surface area contributed by atoms with Crippen molar-refractivity contribution in [3.8, 4) is 0 Å². The van der Waals surface area contributed by atoms with Gasteiger partial charge >= 0.3 is 0 Å². The summed E-state index contributed by atoms with van der Waals surface area (Å²) in [4.78, 5) is 2.37. The molecule has 0 saturated carbocycles. The largest absolute Gasteiger partial charge is 0.380 e. The molecule has 16 heavy (non-hydrogen) atoms. The lowest BCUT2D eigenvalue weighted by atomic mass is 10.1. The van der Waals surface area contributed by atoms with E-state index < -0.39 is 0 Å². The Morgan fingerprint density at radius 3 is 2.38 bits per heavy atom. The van der Waals surface area contributed by atoms with Crippen LogP contribution in [0.1, 0.15) is 52.9 Å². The maximum absolute atomic E-state index is 5.62. The van der Waals surface area contributed by atoms with E-state index in [9.17, 15) is 0 Å². The van der Waals surface area contributed by atoms with E-state index in [-0.39, 0.29) is 0 Å². The highest BCUT2D eigenvalue weighted by molar-refractivity contribution is 4.53. The van der Waals surface area contributed by atoms with Crippen LogP contribution >= 0.6 is 0 Å². The number of rotatable bonds is 11. The molecule has 0 heterocycles. The van der Waals surface area contributed by atoms with E-state index in [4.69, 9.17) is 4.74 Å². The number of hydrogen-bond acceptors (Lipinski definition) is 2. The average molecular weight is 229 g/mol. The molecule has 98 valence electrons. The zero-order valence-electron chi connectivity index (χ0n) is 11.8. The molecule has 0 unspecified atom stereocenters. The molecular formula is C14H31NO. The fourth-order valence-corrected chi connectivity index (χ4v) is 1.54. The van der Waals surface area contributed by atoms with Crippen molar-refractivity contribution in [2.45, 2.75) is 52.9 Å². The van der Waals surface area contributed by atoms with Crippen LogP contribution in [0.15, 0.2) is 0 Å². The van der Waals surface area contributed by atoms with Crippen molar-refractivity contribution in [1.82, 2.24) is 4.90 Å². The summed E-state index contributed by atoms with van der Waals surface area (Å²) in [6, 6.07) is 0. The molecule has 0 fully saturated rings. The minimum absolute atomic E-state index is 0.803. The van der Waals surface area contributed by atoms with Crippen LogP contribution < -0.4 is 0 Å². The van der Waals surface area contributed by atoms with Crippen molar-refractivity contribution < 1.29 is 4.74 Å². The predicted octanol–water partition coefficient (Wildman–Crippen LogP) is 3.56. The second-order valence-electron chi connectivity index (χ2n) is 5.16. The number of ether oxygens (including phenoxy) is 1. The first-order valence-electron chi connectivity index (χ1n) is 6.93. The molecule has 0 N–H and O–H groups in total. The molecule has 0 spiro atoms. The molecular weight excluding hydrogens is 198 g/mol. The average Bonchev–Trinajstić information content (AvgIpc) is 2.25. The highest BCUT2D eigenvalue weighted by Crippen LogP contribution is 2.01. The Hall–Kier alpha value is -0.0800. The molecule has 0 saturated heterocycles.